The quantitative estimate of drug-likeness (QED) is 0.394. The molecular formula is C16H35AlO. The van der Waals surface area contributed by atoms with E-state index in [1.807, 2.05) is 13.8 Å². The summed E-state index contributed by atoms with van der Waals surface area (Å²) >= 11 is 0.805. The molecule has 0 amide bonds. The maximum absolute atomic E-state index is 9.63. The van der Waals surface area contributed by atoms with E-state index < -0.39 is 0 Å². The summed E-state index contributed by atoms with van der Waals surface area (Å²) in [6.45, 7) is 8.45. The molecule has 0 fully saturated rings. The van der Waals surface area contributed by atoms with Crippen LogP contribution >= 0.6 is 0 Å². The molecule has 0 unspecified atom stereocenters. The van der Waals surface area contributed by atoms with Gasteiger partial charge in [0.2, 0.25) is 0 Å². The molecule has 0 aliphatic rings. The summed E-state index contributed by atoms with van der Waals surface area (Å²) in [6, 6.07) is 0. The first-order valence-corrected chi connectivity index (χ1v) is 9.72. The first kappa shape index (κ1) is 20.8. The second-order valence-electron chi connectivity index (χ2n) is 5.55. The van der Waals surface area contributed by atoms with Crippen molar-refractivity contribution < 1.29 is 5.11 Å². The summed E-state index contributed by atoms with van der Waals surface area (Å²) in [5.41, 5.74) is 0. The first-order valence-electron chi connectivity index (χ1n) is 8.08. The molecule has 0 aliphatic carbocycles. The molecule has 0 spiro atoms. The van der Waals surface area contributed by atoms with E-state index in [0.29, 0.717) is 5.92 Å². The SMILES string of the molecule is CC(C)C[O-].CCCCC[CH2][Al+][CH2]CCCCC. The Labute approximate surface area is 122 Å². The molecule has 0 N–H and O–H groups in total. The molecule has 0 saturated carbocycles. The van der Waals surface area contributed by atoms with Gasteiger partial charge in [0, 0.05) is 0 Å². The third kappa shape index (κ3) is 25.4. The van der Waals surface area contributed by atoms with Gasteiger partial charge in [-0.3, -0.25) is 0 Å². The normalized spacial score (nSPS) is 9.89. The van der Waals surface area contributed by atoms with Crippen molar-refractivity contribution in [1.29, 1.82) is 0 Å². The van der Waals surface area contributed by atoms with Crippen LogP contribution in [0.15, 0.2) is 0 Å². The fraction of sp³-hybridized carbons (Fsp3) is 1.00. The molecule has 1 nitrogen and oxygen atoms in total. The van der Waals surface area contributed by atoms with Crippen molar-refractivity contribution in [1.82, 2.24) is 0 Å². The van der Waals surface area contributed by atoms with Crippen LogP contribution in [0, 0.1) is 5.92 Å². The average molecular weight is 270 g/mol. The molecule has 0 bridgehead atoms. The van der Waals surface area contributed by atoms with Gasteiger partial charge in [-0.1, -0.05) is 19.8 Å². The topological polar surface area (TPSA) is 23.1 Å². The third-order valence-electron chi connectivity index (χ3n) is 2.86. The van der Waals surface area contributed by atoms with E-state index in [2.05, 4.69) is 13.8 Å². The van der Waals surface area contributed by atoms with E-state index >= 15 is 0 Å². The van der Waals surface area contributed by atoms with Crippen molar-refractivity contribution in [3.05, 3.63) is 0 Å². The van der Waals surface area contributed by atoms with Gasteiger partial charge in [0.15, 0.2) is 0 Å². The minimum absolute atomic E-state index is 0.0556. The Kier molecular flexibility index (Phi) is 22.9. The standard InChI is InChI=1S/2C6H13.C4H9O.Al/c2*1-3-5-6-4-2;1-4(2)3-5;/h2*1,3-6H2,2H3;4H,3H2,1-2H3;/q;;-1;+1. The van der Waals surface area contributed by atoms with Gasteiger partial charge in [0.1, 0.15) is 0 Å². The molecule has 0 atom stereocenters. The Morgan fingerprint density at radius 2 is 1.17 bits per heavy atom. The Hall–Kier alpha value is 0.492. The van der Waals surface area contributed by atoms with Crippen molar-refractivity contribution in [2.75, 3.05) is 6.61 Å². The van der Waals surface area contributed by atoms with Gasteiger partial charge in [-0.05, 0) is 0 Å². The molecule has 2 heteroatoms. The van der Waals surface area contributed by atoms with Crippen molar-refractivity contribution in [2.24, 2.45) is 5.92 Å². The molecule has 0 saturated heterocycles. The van der Waals surface area contributed by atoms with Crippen molar-refractivity contribution in [3.63, 3.8) is 0 Å². The summed E-state index contributed by atoms with van der Waals surface area (Å²) in [6.07, 6.45) is 11.7. The summed E-state index contributed by atoms with van der Waals surface area (Å²) in [4.78, 5) is 0. The molecule has 0 heterocycles. The molecule has 0 aromatic carbocycles. The molecule has 0 aliphatic heterocycles. The monoisotopic (exact) mass is 270 g/mol. The van der Waals surface area contributed by atoms with E-state index in [1.54, 1.807) is 10.6 Å². The van der Waals surface area contributed by atoms with Gasteiger partial charge in [-0.2, -0.15) is 0 Å². The van der Waals surface area contributed by atoms with Crippen LogP contribution in [0.5, 0.6) is 0 Å². The Morgan fingerprint density at radius 1 is 0.778 bits per heavy atom. The van der Waals surface area contributed by atoms with Gasteiger partial charge in [-0.25, -0.2) is 0 Å². The number of hydrogen-bond donors (Lipinski definition) is 0. The molecule has 0 aromatic rings. The second-order valence-corrected chi connectivity index (χ2v) is 7.28. The van der Waals surface area contributed by atoms with Crippen LogP contribution in [-0.2, 0) is 0 Å². The van der Waals surface area contributed by atoms with E-state index in [4.69, 9.17) is 0 Å². The van der Waals surface area contributed by atoms with Gasteiger partial charge in [0.05, 0.1) is 0 Å². The zero-order valence-corrected chi connectivity index (χ0v) is 14.5. The van der Waals surface area contributed by atoms with Crippen molar-refractivity contribution in [3.8, 4) is 0 Å². The van der Waals surface area contributed by atoms with Gasteiger partial charge in [-0.15, -0.1) is 6.61 Å². The van der Waals surface area contributed by atoms with Gasteiger partial charge >= 0.3 is 91.0 Å². The van der Waals surface area contributed by atoms with E-state index in [0.717, 1.165) is 15.2 Å². The summed E-state index contributed by atoms with van der Waals surface area (Å²) in [5.74, 6) is 0.329. The van der Waals surface area contributed by atoms with Crippen LogP contribution in [0.1, 0.15) is 79.1 Å². The van der Waals surface area contributed by atoms with Crippen LogP contribution in [0.25, 0.3) is 0 Å². The van der Waals surface area contributed by atoms with Crippen molar-refractivity contribution in [2.45, 2.75) is 89.6 Å². The molecular weight excluding hydrogens is 235 g/mol. The second kappa shape index (κ2) is 19.8. The number of rotatable bonds is 11. The van der Waals surface area contributed by atoms with Crippen LogP contribution < -0.4 is 5.11 Å². The summed E-state index contributed by atoms with van der Waals surface area (Å²) in [7, 11) is 0. The van der Waals surface area contributed by atoms with Crippen LogP contribution in [-0.4, -0.2) is 21.8 Å². The summed E-state index contributed by atoms with van der Waals surface area (Å²) in [5, 5.41) is 12.8. The van der Waals surface area contributed by atoms with E-state index in [9.17, 15) is 5.11 Å². The van der Waals surface area contributed by atoms with E-state index in [-0.39, 0.29) is 6.61 Å². The molecule has 18 heavy (non-hydrogen) atoms. The van der Waals surface area contributed by atoms with Gasteiger partial charge in [0.25, 0.3) is 0 Å². The fourth-order valence-corrected chi connectivity index (χ4v) is 3.02. The Balaban J connectivity index is 0. The predicted octanol–water partition coefficient (Wildman–Crippen LogP) is 4.69. The van der Waals surface area contributed by atoms with Gasteiger partial charge < -0.3 is 5.11 Å². The van der Waals surface area contributed by atoms with E-state index in [1.165, 1.54) is 51.4 Å². The molecule has 0 aromatic heterocycles. The number of unbranched alkanes of at least 4 members (excludes halogenated alkanes) is 6. The van der Waals surface area contributed by atoms with Crippen molar-refractivity contribution >= 4 is 15.2 Å². The third-order valence-corrected chi connectivity index (χ3v) is 4.49. The molecule has 0 radical (unpaired) electrons. The molecule has 0 rings (SSSR count). The summed E-state index contributed by atoms with van der Waals surface area (Å²) < 4.78 is 0. The number of hydrogen-bond acceptors (Lipinski definition) is 1. The predicted molar refractivity (Wildman–Crippen MR) is 83.4 cm³/mol. The Morgan fingerprint density at radius 3 is 1.44 bits per heavy atom. The zero-order valence-electron chi connectivity index (χ0n) is 13.3. The van der Waals surface area contributed by atoms with Crippen LogP contribution in [0.3, 0.4) is 0 Å². The average Bonchev–Trinajstić information content (AvgIpc) is 2.37. The Bertz CT molecular complexity index is 116. The van der Waals surface area contributed by atoms with Crippen LogP contribution in [0.2, 0.25) is 10.6 Å². The molecule has 108 valence electrons. The fourth-order valence-electron chi connectivity index (χ4n) is 1.58. The minimum atomic E-state index is 0.0556. The zero-order chi connectivity index (χ0) is 14.1. The first-order chi connectivity index (χ1) is 8.68. The van der Waals surface area contributed by atoms with Crippen LogP contribution in [0.4, 0.5) is 0 Å². The maximum atomic E-state index is 9.63.